The van der Waals surface area contributed by atoms with E-state index in [-0.39, 0.29) is 18.6 Å². The quantitative estimate of drug-likeness (QED) is 0.707. The van der Waals surface area contributed by atoms with Crippen LogP contribution >= 0.6 is 0 Å². The van der Waals surface area contributed by atoms with E-state index in [9.17, 15) is 24.5 Å². The van der Waals surface area contributed by atoms with E-state index in [1.54, 1.807) is 38.1 Å². The molecule has 0 bridgehead atoms. The minimum atomic E-state index is -1.03. The Morgan fingerprint density at radius 1 is 1.16 bits per heavy atom. The van der Waals surface area contributed by atoms with Crippen LogP contribution in [0.5, 0.6) is 5.75 Å². The van der Waals surface area contributed by atoms with Crippen LogP contribution in [-0.4, -0.2) is 21.3 Å². The van der Waals surface area contributed by atoms with Gasteiger partial charge in [0.25, 0.3) is 0 Å². The van der Waals surface area contributed by atoms with Gasteiger partial charge in [0.05, 0.1) is 12.0 Å². The molecule has 0 heterocycles. The number of halogens is 1. The molecule has 2 atom stereocenters. The number of phenols is 1. The van der Waals surface area contributed by atoms with Crippen molar-refractivity contribution in [2.24, 2.45) is 5.92 Å². The van der Waals surface area contributed by atoms with E-state index in [4.69, 9.17) is 0 Å². The summed E-state index contributed by atoms with van der Waals surface area (Å²) >= 11 is 0. The fourth-order valence-electron chi connectivity index (χ4n) is 3.13. The molecule has 0 radical (unpaired) electrons. The van der Waals surface area contributed by atoms with E-state index < -0.39 is 29.2 Å². The molecule has 25 heavy (non-hydrogen) atoms. The highest BCUT2D eigenvalue weighted by atomic mass is 19.1. The number of carboxylic acid groups (broad SMARTS) is 1. The van der Waals surface area contributed by atoms with Crippen molar-refractivity contribution in [3.05, 3.63) is 65.5 Å². The molecule has 2 rings (SSSR count). The Bertz CT molecular complexity index is 728. The predicted molar refractivity (Wildman–Crippen MR) is 92.9 cm³/mol. The van der Waals surface area contributed by atoms with E-state index in [0.29, 0.717) is 11.1 Å². The molecule has 3 N–H and O–H groups in total. The summed E-state index contributed by atoms with van der Waals surface area (Å²) in [6.45, 7) is 3.51. The summed E-state index contributed by atoms with van der Waals surface area (Å²) in [5.41, 5.74) is 0.235. The summed E-state index contributed by atoms with van der Waals surface area (Å²) in [6.07, 6.45) is -0.707. The first-order valence-corrected chi connectivity index (χ1v) is 8.15. The second kappa shape index (κ2) is 7.66. The third-order valence-corrected chi connectivity index (χ3v) is 4.49. The molecule has 0 aromatic heterocycles. The summed E-state index contributed by atoms with van der Waals surface area (Å²) in [7, 11) is 0. The van der Waals surface area contributed by atoms with Crippen molar-refractivity contribution in [1.82, 2.24) is 0 Å². The summed E-state index contributed by atoms with van der Waals surface area (Å²) < 4.78 is 13.5. The lowest BCUT2D eigenvalue weighted by Crippen LogP contribution is -2.28. The van der Waals surface area contributed by atoms with Crippen molar-refractivity contribution < 1.29 is 24.5 Å². The normalized spacial score (nSPS) is 14.1. The number of rotatable bonds is 7. The SMILES string of the molecule is CC(C)(CC(CC(O)c1ccccc1)C(=O)O)c1cc(F)ccc1O. The molecule has 0 aliphatic rings. The average Bonchev–Trinajstić information content (AvgIpc) is 2.56. The van der Waals surface area contributed by atoms with Crippen molar-refractivity contribution in [3.63, 3.8) is 0 Å². The van der Waals surface area contributed by atoms with Gasteiger partial charge >= 0.3 is 5.97 Å². The fourth-order valence-corrected chi connectivity index (χ4v) is 3.13. The zero-order valence-corrected chi connectivity index (χ0v) is 14.3. The number of carboxylic acids is 1. The Kier molecular flexibility index (Phi) is 5.80. The maximum atomic E-state index is 13.5. The number of hydrogen-bond donors (Lipinski definition) is 3. The number of aliphatic hydroxyl groups is 1. The first kappa shape index (κ1) is 18.9. The Balaban J connectivity index is 2.20. The topological polar surface area (TPSA) is 77.8 Å². The number of aliphatic carboxylic acids is 1. The summed E-state index contributed by atoms with van der Waals surface area (Å²) in [4.78, 5) is 11.7. The highest BCUT2D eigenvalue weighted by Crippen LogP contribution is 2.38. The van der Waals surface area contributed by atoms with Gasteiger partial charge in [-0.2, -0.15) is 0 Å². The fraction of sp³-hybridized carbons (Fsp3) is 0.350. The molecule has 134 valence electrons. The van der Waals surface area contributed by atoms with Crippen LogP contribution < -0.4 is 0 Å². The van der Waals surface area contributed by atoms with E-state index in [1.165, 1.54) is 12.1 Å². The Hall–Kier alpha value is -2.40. The van der Waals surface area contributed by atoms with Crippen molar-refractivity contribution in [2.45, 2.75) is 38.2 Å². The first-order chi connectivity index (χ1) is 11.7. The van der Waals surface area contributed by atoms with Crippen molar-refractivity contribution >= 4 is 5.97 Å². The lowest BCUT2D eigenvalue weighted by molar-refractivity contribution is -0.143. The zero-order chi connectivity index (χ0) is 18.6. The van der Waals surface area contributed by atoms with Gasteiger partial charge in [-0.05, 0) is 42.0 Å². The second-order valence-electron chi connectivity index (χ2n) is 6.95. The van der Waals surface area contributed by atoms with Gasteiger partial charge in [-0.15, -0.1) is 0 Å². The minimum Gasteiger partial charge on any atom is -0.508 e. The number of aromatic hydroxyl groups is 1. The Morgan fingerprint density at radius 2 is 1.80 bits per heavy atom. The lowest BCUT2D eigenvalue weighted by atomic mass is 9.75. The molecule has 0 saturated heterocycles. The highest BCUT2D eigenvalue weighted by molar-refractivity contribution is 5.70. The van der Waals surface area contributed by atoms with Gasteiger partial charge in [0, 0.05) is 5.56 Å². The zero-order valence-electron chi connectivity index (χ0n) is 14.3. The summed E-state index contributed by atoms with van der Waals surface area (Å²) in [5.74, 6) is -2.43. The van der Waals surface area contributed by atoms with Gasteiger partial charge < -0.3 is 15.3 Å². The monoisotopic (exact) mass is 346 g/mol. The molecule has 0 fully saturated rings. The third kappa shape index (κ3) is 4.79. The van der Waals surface area contributed by atoms with Gasteiger partial charge in [0.15, 0.2) is 0 Å². The molecule has 0 aliphatic carbocycles. The molecule has 0 amide bonds. The van der Waals surface area contributed by atoms with Crippen LogP contribution in [0.3, 0.4) is 0 Å². The van der Waals surface area contributed by atoms with E-state index in [1.807, 2.05) is 6.07 Å². The smallest absolute Gasteiger partial charge is 0.306 e. The van der Waals surface area contributed by atoms with Gasteiger partial charge in [-0.25, -0.2) is 4.39 Å². The van der Waals surface area contributed by atoms with Gasteiger partial charge in [-0.3, -0.25) is 4.79 Å². The van der Waals surface area contributed by atoms with E-state index in [2.05, 4.69) is 0 Å². The molecule has 2 unspecified atom stereocenters. The summed E-state index contributed by atoms with van der Waals surface area (Å²) in [6, 6.07) is 12.5. The van der Waals surface area contributed by atoms with Crippen LogP contribution in [0.4, 0.5) is 4.39 Å². The maximum Gasteiger partial charge on any atom is 0.306 e. The number of phenolic OH excluding ortho intramolecular Hbond substituents is 1. The number of benzene rings is 2. The second-order valence-corrected chi connectivity index (χ2v) is 6.95. The van der Waals surface area contributed by atoms with Crippen molar-refractivity contribution in [3.8, 4) is 5.75 Å². The molecule has 2 aromatic rings. The standard InChI is InChI=1S/C20H23FO4/c1-20(2,16-11-15(21)8-9-17(16)22)12-14(19(24)25)10-18(23)13-6-4-3-5-7-13/h3-9,11,14,18,22-23H,10,12H2,1-2H3,(H,24,25). The van der Waals surface area contributed by atoms with Crippen LogP contribution in [0, 0.1) is 11.7 Å². The molecule has 0 spiro atoms. The maximum absolute atomic E-state index is 13.5. The van der Waals surface area contributed by atoms with Crippen molar-refractivity contribution in [1.29, 1.82) is 0 Å². The summed E-state index contributed by atoms with van der Waals surface area (Å²) in [5, 5.41) is 29.9. The molecular formula is C20H23FO4. The molecule has 5 heteroatoms. The molecule has 0 aliphatic heterocycles. The molecular weight excluding hydrogens is 323 g/mol. The number of carbonyl (C=O) groups is 1. The van der Waals surface area contributed by atoms with Crippen LogP contribution in [0.15, 0.2) is 48.5 Å². The van der Waals surface area contributed by atoms with Crippen LogP contribution in [0.25, 0.3) is 0 Å². The molecule has 4 nitrogen and oxygen atoms in total. The minimum absolute atomic E-state index is 0.0405. The van der Waals surface area contributed by atoms with Crippen molar-refractivity contribution in [2.75, 3.05) is 0 Å². The van der Waals surface area contributed by atoms with Gasteiger partial charge in [-0.1, -0.05) is 44.2 Å². The number of aliphatic hydroxyl groups excluding tert-OH is 1. The number of hydrogen-bond acceptors (Lipinski definition) is 3. The molecule has 2 aromatic carbocycles. The predicted octanol–water partition coefficient (Wildman–Crippen LogP) is 4.02. The average molecular weight is 346 g/mol. The largest absolute Gasteiger partial charge is 0.508 e. The van der Waals surface area contributed by atoms with Gasteiger partial charge in [0.1, 0.15) is 11.6 Å². The van der Waals surface area contributed by atoms with E-state index in [0.717, 1.165) is 6.07 Å². The van der Waals surface area contributed by atoms with Crippen LogP contribution in [-0.2, 0) is 10.2 Å². The molecule has 0 saturated carbocycles. The Morgan fingerprint density at radius 3 is 2.40 bits per heavy atom. The first-order valence-electron chi connectivity index (χ1n) is 8.15. The highest BCUT2D eigenvalue weighted by Gasteiger charge is 2.33. The Labute approximate surface area is 146 Å². The third-order valence-electron chi connectivity index (χ3n) is 4.49. The lowest BCUT2D eigenvalue weighted by Gasteiger charge is -2.30. The van der Waals surface area contributed by atoms with Crippen LogP contribution in [0.1, 0.15) is 43.9 Å². The van der Waals surface area contributed by atoms with Crippen LogP contribution in [0.2, 0.25) is 0 Å². The van der Waals surface area contributed by atoms with Gasteiger partial charge in [0.2, 0.25) is 0 Å². The van der Waals surface area contributed by atoms with E-state index >= 15 is 0 Å².